The minimum Gasteiger partial charge on any atom is -0.372 e. The molecule has 5 nitrogen and oxygen atoms in total. The number of carbonyl (C=O) groups excluding carboxylic acids is 1. The number of hydrogen-bond donors (Lipinski definition) is 1. The van der Waals surface area contributed by atoms with Gasteiger partial charge in [-0.3, -0.25) is 9.69 Å². The molecule has 7 heteroatoms. The number of hydrogen-bond acceptors (Lipinski definition) is 4. The fraction of sp³-hybridized carbons (Fsp3) is 0.409. The van der Waals surface area contributed by atoms with Crippen molar-refractivity contribution in [3.63, 3.8) is 0 Å². The Bertz CT molecular complexity index is 834. The lowest BCUT2D eigenvalue weighted by molar-refractivity contribution is -0.117. The first-order valence-corrected chi connectivity index (χ1v) is 10.5. The Morgan fingerprint density at radius 1 is 1.14 bits per heavy atom. The van der Waals surface area contributed by atoms with Gasteiger partial charge in [0.2, 0.25) is 5.91 Å². The van der Waals surface area contributed by atoms with Crippen molar-refractivity contribution in [2.45, 2.75) is 32.6 Å². The maximum absolute atomic E-state index is 12.4. The number of morpholine rings is 1. The van der Waals surface area contributed by atoms with Crippen LogP contribution in [0, 0.1) is 0 Å². The van der Waals surface area contributed by atoms with Crippen LogP contribution < -0.4 is 10.2 Å². The summed E-state index contributed by atoms with van der Waals surface area (Å²) >= 11 is 12.3. The van der Waals surface area contributed by atoms with E-state index in [0.717, 1.165) is 30.0 Å². The molecule has 0 bridgehead atoms. The zero-order chi connectivity index (χ0) is 21.0. The van der Waals surface area contributed by atoms with Crippen LogP contribution in [0.15, 0.2) is 42.5 Å². The molecule has 1 heterocycles. The standard InChI is InChI=1S/C22H27Cl2N3O2/c1-15-11-27(12-16(2)29-15)19-9-7-18(8-10-19)25-21(28)14-26(3)13-17-5-4-6-20(23)22(17)24/h4-10,15-16H,11-14H2,1-3H3,(H,25,28). The van der Waals surface area contributed by atoms with Crippen LogP contribution in [-0.4, -0.2) is 49.7 Å². The van der Waals surface area contributed by atoms with E-state index in [2.05, 4.69) is 24.1 Å². The van der Waals surface area contributed by atoms with E-state index in [1.165, 1.54) is 0 Å². The van der Waals surface area contributed by atoms with Crippen molar-refractivity contribution < 1.29 is 9.53 Å². The molecule has 29 heavy (non-hydrogen) atoms. The van der Waals surface area contributed by atoms with Crippen LogP contribution in [0.3, 0.4) is 0 Å². The number of amides is 1. The maximum Gasteiger partial charge on any atom is 0.238 e. The molecule has 2 atom stereocenters. The number of nitrogens with one attached hydrogen (secondary N) is 1. The number of likely N-dealkylation sites (N-methyl/N-ethyl adjacent to an activating group) is 1. The minimum atomic E-state index is -0.0768. The van der Waals surface area contributed by atoms with Crippen molar-refractivity contribution in [2.75, 3.05) is 36.9 Å². The van der Waals surface area contributed by atoms with Gasteiger partial charge < -0.3 is 15.0 Å². The normalized spacial score (nSPS) is 19.4. The van der Waals surface area contributed by atoms with Crippen LogP contribution in [0.4, 0.5) is 11.4 Å². The molecule has 0 aromatic heterocycles. The van der Waals surface area contributed by atoms with Crippen LogP contribution >= 0.6 is 23.2 Å². The van der Waals surface area contributed by atoms with Crippen LogP contribution in [0.25, 0.3) is 0 Å². The highest BCUT2D eigenvalue weighted by atomic mass is 35.5. The smallest absolute Gasteiger partial charge is 0.238 e. The summed E-state index contributed by atoms with van der Waals surface area (Å²) in [5, 5.41) is 4.00. The average Bonchev–Trinajstić information content (AvgIpc) is 2.65. The molecule has 2 unspecified atom stereocenters. The van der Waals surface area contributed by atoms with E-state index in [-0.39, 0.29) is 24.7 Å². The fourth-order valence-electron chi connectivity index (χ4n) is 3.61. The van der Waals surface area contributed by atoms with Crippen LogP contribution in [0.2, 0.25) is 10.0 Å². The topological polar surface area (TPSA) is 44.8 Å². The van der Waals surface area contributed by atoms with Gasteiger partial charge in [0.05, 0.1) is 28.8 Å². The van der Waals surface area contributed by atoms with Crippen molar-refractivity contribution in [1.82, 2.24) is 4.90 Å². The van der Waals surface area contributed by atoms with E-state index in [9.17, 15) is 4.79 Å². The van der Waals surface area contributed by atoms with Crippen molar-refractivity contribution in [1.29, 1.82) is 0 Å². The number of anilines is 2. The van der Waals surface area contributed by atoms with Gasteiger partial charge in [-0.05, 0) is 56.8 Å². The lowest BCUT2D eigenvalue weighted by Gasteiger charge is -2.36. The maximum atomic E-state index is 12.4. The second kappa shape index (κ2) is 9.81. The van der Waals surface area contributed by atoms with Gasteiger partial charge in [-0.1, -0.05) is 35.3 Å². The molecular weight excluding hydrogens is 409 g/mol. The lowest BCUT2D eigenvalue weighted by atomic mass is 10.2. The summed E-state index contributed by atoms with van der Waals surface area (Å²) in [5.74, 6) is -0.0768. The molecule has 2 aromatic carbocycles. The summed E-state index contributed by atoms with van der Waals surface area (Å²) in [6.07, 6.45) is 0.420. The summed E-state index contributed by atoms with van der Waals surface area (Å²) in [6, 6.07) is 13.5. The molecule has 156 valence electrons. The minimum absolute atomic E-state index is 0.0768. The van der Waals surface area contributed by atoms with Gasteiger partial charge in [-0.2, -0.15) is 0 Å². The molecule has 0 spiro atoms. The van der Waals surface area contributed by atoms with Crippen molar-refractivity contribution in [2.24, 2.45) is 0 Å². The Morgan fingerprint density at radius 3 is 2.45 bits per heavy atom. The summed E-state index contributed by atoms with van der Waals surface area (Å²) in [6.45, 7) is 6.71. The van der Waals surface area contributed by atoms with E-state index in [1.807, 2.05) is 48.3 Å². The molecule has 0 saturated carbocycles. The van der Waals surface area contributed by atoms with E-state index in [1.54, 1.807) is 6.07 Å². The Kier molecular flexibility index (Phi) is 7.41. The molecule has 1 N–H and O–H groups in total. The molecule has 0 aliphatic carbocycles. The summed E-state index contributed by atoms with van der Waals surface area (Å²) in [4.78, 5) is 16.6. The number of ether oxygens (including phenoxy) is 1. The van der Waals surface area contributed by atoms with E-state index >= 15 is 0 Å². The van der Waals surface area contributed by atoms with Crippen molar-refractivity contribution in [3.8, 4) is 0 Å². The zero-order valence-corrected chi connectivity index (χ0v) is 18.5. The molecule has 1 saturated heterocycles. The monoisotopic (exact) mass is 435 g/mol. The molecule has 3 rings (SSSR count). The lowest BCUT2D eigenvalue weighted by Crippen LogP contribution is -2.45. The first-order valence-electron chi connectivity index (χ1n) is 9.73. The van der Waals surface area contributed by atoms with Crippen LogP contribution in [0.5, 0.6) is 0 Å². The quantitative estimate of drug-likeness (QED) is 0.715. The first kappa shape index (κ1) is 21.9. The van der Waals surface area contributed by atoms with Gasteiger partial charge in [0.1, 0.15) is 0 Å². The van der Waals surface area contributed by atoms with Gasteiger partial charge >= 0.3 is 0 Å². The molecule has 1 fully saturated rings. The highest BCUT2D eigenvalue weighted by Crippen LogP contribution is 2.26. The van der Waals surface area contributed by atoms with Crippen molar-refractivity contribution in [3.05, 3.63) is 58.1 Å². The predicted octanol–water partition coefficient (Wildman–Crippen LogP) is 4.68. The summed E-state index contributed by atoms with van der Waals surface area (Å²) in [7, 11) is 1.88. The van der Waals surface area contributed by atoms with E-state index < -0.39 is 0 Å². The van der Waals surface area contributed by atoms with Crippen molar-refractivity contribution >= 4 is 40.5 Å². The molecular formula is C22H27Cl2N3O2. The second-order valence-corrected chi connectivity index (χ2v) is 8.43. The molecule has 0 radical (unpaired) electrons. The van der Waals surface area contributed by atoms with Crippen LogP contribution in [0.1, 0.15) is 19.4 Å². The summed E-state index contributed by atoms with van der Waals surface area (Å²) < 4.78 is 5.79. The molecule has 1 aliphatic heterocycles. The Labute approximate surface area is 182 Å². The third kappa shape index (κ3) is 6.09. The largest absolute Gasteiger partial charge is 0.372 e. The number of rotatable bonds is 6. The number of carbonyl (C=O) groups is 1. The van der Waals surface area contributed by atoms with E-state index in [4.69, 9.17) is 27.9 Å². The average molecular weight is 436 g/mol. The van der Waals surface area contributed by atoms with Gasteiger partial charge in [0, 0.05) is 31.0 Å². The number of halogens is 2. The van der Waals surface area contributed by atoms with Gasteiger partial charge in [0.25, 0.3) is 0 Å². The summed E-state index contributed by atoms with van der Waals surface area (Å²) in [5.41, 5.74) is 2.81. The zero-order valence-electron chi connectivity index (χ0n) is 17.0. The third-order valence-corrected chi connectivity index (χ3v) is 5.68. The van der Waals surface area contributed by atoms with Gasteiger partial charge in [-0.15, -0.1) is 0 Å². The Balaban J connectivity index is 1.53. The molecule has 1 aliphatic rings. The molecule has 2 aromatic rings. The second-order valence-electron chi connectivity index (χ2n) is 7.64. The number of nitrogens with zero attached hydrogens (tertiary/aromatic N) is 2. The Hall–Kier alpha value is -1.79. The molecule has 1 amide bonds. The third-order valence-electron chi connectivity index (χ3n) is 4.82. The van der Waals surface area contributed by atoms with Gasteiger partial charge in [0.15, 0.2) is 0 Å². The highest BCUT2D eigenvalue weighted by Gasteiger charge is 2.22. The van der Waals surface area contributed by atoms with Gasteiger partial charge in [-0.25, -0.2) is 0 Å². The van der Waals surface area contributed by atoms with E-state index in [0.29, 0.717) is 16.6 Å². The SMILES string of the molecule is CC1CN(c2ccc(NC(=O)CN(C)Cc3cccc(Cl)c3Cl)cc2)CC(C)O1. The first-order chi connectivity index (χ1) is 13.8. The Morgan fingerprint density at radius 2 is 1.79 bits per heavy atom. The van der Waals surface area contributed by atoms with Crippen LogP contribution in [-0.2, 0) is 16.1 Å². The highest BCUT2D eigenvalue weighted by molar-refractivity contribution is 6.42. The predicted molar refractivity (Wildman–Crippen MR) is 120 cm³/mol. The number of benzene rings is 2. The fourth-order valence-corrected chi connectivity index (χ4v) is 3.99.